The van der Waals surface area contributed by atoms with E-state index in [1.807, 2.05) is 13.0 Å². The third kappa shape index (κ3) is 3.54. The molecule has 1 aromatic carbocycles. The molecule has 2 rings (SSSR count). The van der Waals surface area contributed by atoms with Crippen molar-refractivity contribution in [2.24, 2.45) is 7.05 Å². The highest BCUT2D eigenvalue weighted by Crippen LogP contribution is 2.25. The Morgan fingerprint density at radius 3 is 2.85 bits per heavy atom. The zero-order chi connectivity index (χ0) is 14.5. The van der Waals surface area contributed by atoms with E-state index in [9.17, 15) is 4.39 Å². The van der Waals surface area contributed by atoms with Gasteiger partial charge in [-0.15, -0.1) is 5.10 Å². The number of hydrogen-bond acceptors (Lipinski definition) is 4. The van der Waals surface area contributed by atoms with E-state index in [1.54, 1.807) is 13.1 Å². The highest BCUT2D eigenvalue weighted by molar-refractivity contribution is 5.32. The Kier molecular flexibility index (Phi) is 4.68. The molecule has 108 valence electrons. The fraction of sp³-hybridized carbons (Fsp3) is 0.429. The van der Waals surface area contributed by atoms with Crippen molar-refractivity contribution in [1.29, 1.82) is 0 Å². The molecule has 1 N–H and O–H groups in total. The van der Waals surface area contributed by atoms with Gasteiger partial charge in [0.1, 0.15) is 6.33 Å². The second kappa shape index (κ2) is 6.47. The standard InChI is InChI=1S/C14H19FN4O/c1-4-7-16-10(2)11-5-6-13(12(15)8-11)20-14-17-9-19(3)18-14/h5-6,8-10,16H,4,7H2,1-3H3. The molecule has 0 aliphatic rings. The summed E-state index contributed by atoms with van der Waals surface area (Å²) in [5.41, 5.74) is 0.886. The minimum Gasteiger partial charge on any atom is -0.420 e. The van der Waals surface area contributed by atoms with Crippen LogP contribution in [0.1, 0.15) is 31.9 Å². The predicted molar refractivity (Wildman–Crippen MR) is 74.2 cm³/mol. The van der Waals surface area contributed by atoms with E-state index in [1.165, 1.54) is 17.1 Å². The van der Waals surface area contributed by atoms with Crippen molar-refractivity contribution in [3.05, 3.63) is 35.9 Å². The molecule has 0 aliphatic carbocycles. The number of nitrogens with zero attached hydrogens (tertiary/aromatic N) is 3. The van der Waals surface area contributed by atoms with Crippen molar-refractivity contribution in [2.45, 2.75) is 26.3 Å². The molecule has 5 nitrogen and oxygen atoms in total. The Balaban J connectivity index is 2.09. The van der Waals surface area contributed by atoms with E-state index in [2.05, 4.69) is 22.3 Å². The van der Waals surface area contributed by atoms with Crippen molar-refractivity contribution in [3.63, 3.8) is 0 Å². The van der Waals surface area contributed by atoms with E-state index in [0.29, 0.717) is 0 Å². The summed E-state index contributed by atoms with van der Waals surface area (Å²) in [6.45, 7) is 5.00. The molecule has 0 fully saturated rings. The molecule has 0 saturated heterocycles. The summed E-state index contributed by atoms with van der Waals surface area (Å²) in [5, 5.41) is 7.26. The highest BCUT2D eigenvalue weighted by Gasteiger charge is 2.11. The predicted octanol–water partition coefficient (Wildman–Crippen LogP) is 2.81. The van der Waals surface area contributed by atoms with Crippen molar-refractivity contribution in [2.75, 3.05) is 6.54 Å². The zero-order valence-corrected chi connectivity index (χ0v) is 11.9. The van der Waals surface area contributed by atoms with E-state index in [4.69, 9.17) is 4.74 Å². The quantitative estimate of drug-likeness (QED) is 0.882. The number of aromatic nitrogens is 3. The molecule has 0 saturated carbocycles. The van der Waals surface area contributed by atoms with Crippen LogP contribution >= 0.6 is 0 Å². The molecular formula is C14H19FN4O. The maximum atomic E-state index is 14.0. The van der Waals surface area contributed by atoms with Gasteiger partial charge in [0.25, 0.3) is 0 Å². The third-order valence-electron chi connectivity index (χ3n) is 2.94. The molecule has 2 aromatic rings. The first-order chi connectivity index (χ1) is 9.60. The summed E-state index contributed by atoms with van der Waals surface area (Å²) in [6, 6.07) is 5.16. The fourth-order valence-corrected chi connectivity index (χ4v) is 1.81. The average Bonchev–Trinajstić information content (AvgIpc) is 2.83. The largest absolute Gasteiger partial charge is 0.420 e. The lowest BCUT2D eigenvalue weighted by atomic mass is 10.1. The minimum absolute atomic E-state index is 0.103. The van der Waals surface area contributed by atoms with Crippen molar-refractivity contribution in [1.82, 2.24) is 20.1 Å². The first kappa shape index (κ1) is 14.5. The number of halogens is 1. The van der Waals surface area contributed by atoms with Crippen molar-refractivity contribution < 1.29 is 9.13 Å². The summed E-state index contributed by atoms with van der Waals surface area (Å²) in [4.78, 5) is 3.90. The van der Waals surface area contributed by atoms with Gasteiger partial charge in [0, 0.05) is 13.1 Å². The monoisotopic (exact) mass is 278 g/mol. The number of rotatable bonds is 6. The first-order valence-corrected chi connectivity index (χ1v) is 6.66. The van der Waals surface area contributed by atoms with Crippen LogP contribution in [0, 0.1) is 5.82 Å². The van der Waals surface area contributed by atoms with Gasteiger partial charge in [-0.1, -0.05) is 13.0 Å². The van der Waals surface area contributed by atoms with Gasteiger partial charge in [-0.3, -0.25) is 4.68 Å². The van der Waals surface area contributed by atoms with Crippen LogP contribution in [0.25, 0.3) is 0 Å². The van der Waals surface area contributed by atoms with Gasteiger partial charge in [-0.25, -0.2) is 4.39 Å². The van der Waals surface area contributed by atoms with Gasteiger partial charge in [-0.2, -0.15) is 4.98 Å². The van der Waals surface area contributed by atoms with E-state index < -0.39 is 5.82 Å². The number of nitrogens with one attached hydrogen (secondary N) is 1. The summed E-state index contributed by atoms with van der Waals surface area (Å²) in [5.74, 6) is -0.289. The molecule has 1 heterocycles. The Bertz CT molecular complexity index is 570. The SMILES string of the molecule is CCCNC(C)c1ccc(Oc2ncn(C)n2)c(F)c1. The summed E-state index contributed by atoms with van der Waals surface area (Å²) in [6.07, 6.45) is 2.54. The van der Waals surface area contributed by atoms with Crippen molar-refractivity contribution in [3.8, 4) is 11.8 Å². The molecule has 0 radical (unpaired) electrons. The number of hydrogen-bond donors (Lipinski definition) is 1. The maximum Gasteiger partial charge on any atom is 0.341 e. The fourth-order valence-electron chi connectivity index (χ4n) is 1.81. The van der Waals surface area contributed by atoms with Crippen LogP contribution in [-0.2, 0) is 7.05 Å². The zero-order valence-electron chi connectivity index (χ0n) is 11.9. The molecule has 0 aliphatic heterocycles. The Labute approximate surface area is 117 Å². The second-order valence-corrected chi connectivity index (χ2v) is 4.67. The van der Waals surface area contributed by atoms with Crippen LogP contribution in [0.2, 0.25) is 0 Å². The lowest BCUT2D eigenvalue weighted by Crippen LogP contribution is -2.19. The molecule has 1 atom stereocenters. The van der Waals surface area contributed by atoms with Crippen LogP contribution in [0.4, 0.5) is 4.39 Å². The van der Waals surface area contributed by atoms with Crippen molar-refractivity contribution >= 4 is 0 Å². The summed E-state index contributed by atoms with van der Waals surface area (Å²) < 4.78 is 20.8. The Hall–Kier alpha value is -1.95. The average molecular weight is 278 g/mol. The molecule has 6 heteroatoms. The van der Waals surface area contributed by atoms with Gasteiger partial charge in [0.15, 0.2) is 11.6 Å². The molecule has 1 aromatic heterocycles. The van der Waals surface area contributed by atoms with E-state index >= 15 is 0 Å². The van der Waals surface area contributed by atoms with Gasteiger partial charge < -0.3 is 10.1 Å². The molecule has 0 spiro atoms. The lowest BCUT2D eigenvalue weighted by molar-refractivity contribution is 0.408. The van der Waals surface area contributed by atoms with Gasteiger partial charge in [0.05, 0.1) is 0 Å². The Morgan fingerprint density at radius 1 is 1.45 bits per heavy atom. The summed E-state index contributed by atoms with van der Waals surface area (Å²) in [7, 11) is 1.72. The highest BCUT2D eigenvalue weighted by atomic mass is 19.1. The van der Waals surface area contributed by atoms with Crippen LogP contribution in [0.15, 0.2) is 24.5 Å². The normalized spacial score (nSPS) is 12.4. The van der Waals surface area contributed by atoms with E-state index in [0.717, 1.165) is 18.5 Å². The summed E-state index contributed by atoms with van der Waals surface area (Å²) >= 11 is 0. The van der Waals surface area contributed by atoms with Gasteiger partial charge in [0.2, 0.25) is 0 Å². The number of aryl methyl sites for hydroxylation is 1. The van der Waals surface area contributed by atoms with Crippen LogP contribution in [-0.4, -0.2) is 21.3 Å². The lowest BCUT2D eigenvalue weighted by Gasteiger charge is -2.14. The number of ether oxygens (including phenoxy) is 1. The van der Waals surface area contributed by atoms with Gasteiger partial charge >= 0.3 is 6.01 Å². The smallest absolute Gasteiger partial charge is 0.341 e. The van der Waals surface area contributed by atoms with E-state index in [-0.39, 0.29) is 17.8 Å². The molecular weight excluding hydrogens is 259 g/mol. The topological polar surface area (TPSA) is 52.0 Å². The maximum absolute atomic E-state index is 14.0. The second-order valence-electron chi connectivity index (χ2n) is 4.67. The Morgan fingerprint density at radius 2 is 2.25 bits per heavy atom. The first-order valence-electron chi connectivity index (χ1n) is 6.66. The molecule has 0 amide bonds. The third-order valence-corrected chi connectivity index (χ3v) is 2.94. The molecule has 0 bridgehead atoms. The number of benzene rings is 1. The van der Waals surface area contributed by atoms with Crippen LogP contribution in [0.5, 0.6) is 11.8 Å². The van der Waals surface area contributed by atoms with Crippen LogP contribution in [0.3, 0.4) is 0 Å². The van der Waals surface area contributed by atoms with Gasteiger partial charge in [-0.05, 0) is 37.6 Å². The van der Waals surface area contributed by atoms with Crippen LogP contribution < -0.4 is 10.1 Å². The molecule has 20 heavy (non-hydrogen) atoms. The minimum atomic E-state index is -0.417. The molecule has 1 unspecified atom stereocenters.